The topological polar surface area (TPSA) is 106 Å². The van der Waals surface area contributed by atoms with Crippen molar-refractivity contribution in [1.82, 2.24) is 20.1 Å². The Morgan fingerprint density at radius 1 is 1.38 bits per heavy atom. The molecular formula is C11H12ClN5O3S. The molecule has 0 fully saturated rings. The van der Waals surface area contributed by atoms with Crippen LogP contribution in [0.2, 0.25) is 5.02 Å². The van der Waals surface area contributed by atoms with Gasteiger partial charge in [0.2, 0.25) is 5.91 Å². The molecular weight excluding hydrogens is 318 g/mol. The Morgan fingerprint density at radius 3 is 2.76 bits per heavy atom. The van der Waals surface area contributed by atoms with Crippen LogP contribution in [-0.2, 0) is 21.4 Å². The molecule has 0 atom stereocenters. The zero-order valence-corrected chi connectivity index (χ0v) is 12.5. The minimum absolute atomic E-state index is 0.0582. The van der Waals surface area contributed by atoms with Gasteiger partial charge in [0.25, 0.3) is 16.0 Å². The monoisotopic (exact) mass is 329 g/mol. The number of hydrogen-bond donors (Lipinski definition) is 2. The number of hydrogen-bond acceptors (Lipinski definition) is 5. The van der Waals surface area contributed by atoms with E-state index in [1.807, 2.05) is 0 Å². The number of rotatable bonds is 5. The summed E-state index contributed by atoms with van der Waals surface area (Å²) in [5.74, 6) is -0.417. The van der Waals surface area contributed by atoms with Gasteiger partial charge < -0.3 is 5.32 Å². The Hall–Kier alpha value is -2.13. The largest absolute Gasteiger partial charge is 0.358 e. The van der Waals surface area contributed by atoms with Gasteiger partial charge in [-0.2, -0.15) is 4.98 Å². The minimum atomic E-state index is -3.89. The predicted octanol–water partition coefficient (Wildman–Crippen LogP) is 0.478. The second kappa shape index (κ2) is 6.10. The predicted molar refractivity (Wildman–Crippen MR) is 76.3 cm³/mol. The van der Waals surface area contributed by atoms with E-state index in [1.54, 1.807) is 12.1 Å². The smallest absolute Gasteiger partial charge is 0.265 e. The standard InChI is InChI=1S/C11H12ClN5O3S/c1-13-10(18)6-17-7-14-11(15-17)16-21(19,20)9-5-3-2-4-8(9)12/h2-5,7H,6H2,1H3,(H,13,18)(H,15,16). The SMILES string of the molecule is CNC(=O)Cn1cnc(NS(=O)(=O)c2ccccc2Cl)n1. The van der Waals surface area contributed by atoms with Crippen LogP contribution in [0.3, 0.4) is 0 Å². The van der Waals surface area contributed by atoms with Crippen LogP contribution in [0.25, 0.3) is 0 Å². The van der Waals surface area contributed by atoms with Gasteiger partial charge in [0, 0.05) is 7.05 Å². The Labute approximate surface area is 126 Å². The normalized spacial score (nSPS) is 11.1. The summed E-state index contributed by atoms with van der Waals surface area (Å²) in [4.78, 5) is 14.9. The van der Waals surface area contributed by atoms with Gasteiger partial charge in [0.15, 0.2) is 0 Å². The van der Waals surface area contributed by atoms with Gasteiger partial charge in [0.1, 0.15) is 17.8 Å². The van der Waals surface area contributed by atoms with Crippen LogP contribution in [0.5, 0.6) is 0 Å². The lowest BCUT2D eigenvalue weighted by Gasteiger charge is -2.05. The maximum atomic E-state index is 12.1. The fourth-order valence-corrected chi connectivity index (χ4v) is 2.95. The number of benzene rings is 1. The van der Waals surface area contributed by atoms with E-state index >= 15 is 0 Å². The molecule has 2 rings (SSSR count). The van der Waals surface area contributed by atoms with Gasteiger partial charge >= 0.3 is 0 Å². The summed E-state index contributed by atoms with van der Waals surface area (Å²) in [6.07, 6.45) is 1.25. The molecule has 112 valence electrons. The Kier molecular flexibility index (Phi) is 4.43. The summed E-state index contributed by atoms with van der Waals surface area (Å²) in [5, 5.41) is 6.36. The first-order valence-corrected chi connectivity index (χ1v) is 7.66. The van der Waals surface area contributed by atoms with Crippen molar-refractivity contribution in [3.8, 4) is 0 Å². The lowest BCUT2D eigenvalue weighted by molar-refractivity contribution is -0.121. The first-order valence-electron chi connectivity index (χ1n) is 5.80. The summed E-state index contributed by atoms with van der Waals surface area (Å²) in [6, 6.07) is 6.01. The van der Waals surface area contributed by atoms with Crippen molar-refractivity contribution >= 4 is 33.5 Å². The highest BCUT2D eigenvalue weighted by Gasteiger charge is 2.19. The number of aromatic nitrogens is 3. The summed E-state index contributed by atoms with van der Waals surface area (Å²) >= 11 is 5.85. The number of nitrogens with one attached hydrogen (secondary N) is 2. The van der Waals surface area contributed by atoms with Crippen LogP contribution < -0.4 is 10.0 Å². The maximum Gasteiger partial charge on any atom is 0.265 e. The zero-order chi connectivity index (χ0) is 15.5. The molecule has 2 aromatic rings. The lowest BCUT2D eigenvalue weighted by atomic mass is 10.4. The van der Waals surface area contributed by atoms with Crippen molar-refractivity contribution in [2.45, 2.75) is 11.4 Å². The fraction of sp³-hybridized carbons (Fsp3) is 0.182. The average Bonchev–Trinajstić information content (AvgIpc) is 2.85. The molecule has 1 aromatic carbocycles. The highest BCUT2D eigenvalue weighted by Crippen LogP contribution is 2.21. The number of carbonyl (C=O) groups is 1. The van der Waals surface area contributed by atoms with Crippen molar-refractivity contribution < 1.29 is 13.2 Å². The Morgan fingerprint density at radius 2 is 2.10 bits per heavy atom. The van der Waals surface area contributed by atoms with Gasteiger partial charge in [0.05, 0.1) is 5.02 Å². The first-order chi connectivity index (χ1) is 9.92. The number of likely N-dealkylation sites (N-methyl/N-ethyl adjacent to an activating group) is 1. The molecule has 0 aliphatic heterocycles. The molecule has 0 aliphatic carbocycles. The zero-order valence-electron chi connectivity index (χ0n) is 10.9. The van der Waals surface area contributed by atoms with E-state index in [-0.39, 0.29) is 28.3 Å². The van der Waals surface area contributed by atoms with Crippen molar-refractivity contribution in [2.24, 2.45) is 0 Å². The molecule has 0 radical (unpaired) electrons. The van der Waals surface area contributed by atoms with Crippen LogP contribution >= 0.6 is 11.6 Å². The van der Waals surface area contributed by atoms with E-state index in [2.05, 4.69) is 20.1 Å². The molecule has 10 heteroatoms. The Bertz CT molecular complexity index is 759. The third kappa shape index (κ3) is 3.70. The quantitative estimate of drug-likeness (QED) is 0.829. The lowest BCUT2D eigenvalue weighted by Crippen LogP contribution is -2.23. The Balaban J connectivity index is 2.18. The number of carbonyl (C=O) groups excluding carboxylic acids is 1. The average molecular weight is 330 g/mol. The van der Waals surface area contributed by atoms with Crippen molar-refractivity contribution in [3.63, 3.8) is 0 Å². The van der Waals surface area contributed by atoms with Gasteiger partial charge in [-0.1, -0.05) is 23.7 Å². The molecule has 0 spiro atoms. The van der Waals surface area contributed by atoms with Crippen LogP contribution in [0, 0.1) is 0 Å². The van der Waals surface area contributed by atoms with Crippen LogP contribution in [0.15, 0.2) is 35.5 Å². The molecule has 21 heavy (non-hydrogen) atoms. The summed E-state index contributed by atoms with van der Waals surface area (Å²) < 4.78 is 27.7. The van der Waals surface area contributed by atoms with Crippen molar-refractivity contribution in [2.75, 3.05) is 11.8 Å². The van der Waals surface area contributed by atoms with E-state index in [1.165, 1.54) is 30.2 Å². The molecule has 2 N–H and O–H groups in total. The van der Waals surface area contributed by atoms with E-state index in [9.17, 15) is 13.2 Å². The summed E-state index contributed by atoms with van der Waals surface area (Å²) in [5.41, 5.74) is 0. The van der Waals surface area contributed by atoms with E-state index in [0.29, 0.717) is 0 Å². The second-order valence-electron chi connectivity index (χ2n) is 3.97. The number of halogens is 1. The highest BCUT2D eigenvalue weighted by molar-refractivity contribution is 7.92. The minimum Gasteiger partial charge on any atom is -0.358 e. The molecule has 0 saturated carbocycles. The van der Waals surface area contributed by atoms with Crippen LogP contribution in [-0.4, -0.2) is 36.1 Å². The summed E-state index contributed by atoms with van der Waals surface area (Å²) in [6.45, 7) is -0.0582. The fourth-order valence-electron chi connectivity index (χ4n) is 1.48. The van der Waals surface area contributed by atoms with Crippen molar-refractivity contribution in [1.29, 1.82) is 0 Å². The molecule has 1 heterocycles. The van der Waals surface area contributed by atoms with Gasteiger partial charge in [-0.3, -0.25) is 4.79 Å². The highest BCUT2D eigenvalue weighted by atomic mass is 35.5. The van der Waals surface area contributed by atoms with E-state index < -0.39 is 10.0 Å². The van der Waals surface area contributed by atoms with Crippen LogP contribution in [0.1, 0.15) is 0 Å². The van der Waals surface area contributed by atoms with E-state index in [0.717, 1.165) is 0 Å². The van der Waals surface area contributed by atoms with Gasteiger partial charge in [-0.05, 0) is 12.1 Å². The number of anilines is 1. The molecule has 0 aliphatic rings. The third-order valence-corrected chi connectivity index (χ3v) is 4.30. The van der Waals surface area contributed by atoms with E-state index in [4.69, 9.17) is 11.6 Å². The molecule has 0 bridgehead atoms. The number of amides is 1. The maximum absolute atomic E-state index is 12.1. The molecule has 1 amide bonds. The van der Waals surface area contributed by atoms with Crippen molar-refractivity contribution in [3.05, 3.63) is 35.6 Å². The molecule has 8 nitrogen and oxygen atoms in total. The second-order valence-corrected chi connectivity index (χ2v) is 6.03. The molecule has 0 saturated heterocycles. The molecule has 0 unspecified atom stereocenters. The number of nitrogens with zero attached hydrogens (tertiary/aromatic N) is 3. The van der Waals surface area contributed by atoms with Gasteiger partial charge in [-0.25, -0.2) is 17.8 Å². The number of sulfonamides is 1. The molecule has 1 aromatic heterocycles. The van der Waals surface area contributed by atoms with Gasteiger partial charge in [-0.15, -0.1) is 5.10 Å². The summed E-state index contributed by atoms with van der Waals surface area (Å²) in [7, 11) is -2.40. The van der Waals surface area contributed by atoms with Crippen LogP contribution in [0.4, 0.5) is 5.95 Å². The third-order valence-electron chi connectivity index (χ3n) is 2.47. The first kappa shape index (κ1) is 15.3.